The van der Waals surface area contributed by atoms with Gasteiger partial charge in [0.2, 0.25) is 0 Å². The second-order valence-electron chi connectivity index (χ2n) is 5.47. The SMILES string of the molecule is CCCNC(c1ccc(C)o1)c1c(OC)cnn1C(C)C. The number of furan rings is 1. The molecule has 2 heterocycles. The lowest BCUT2D eigenvalue weighted by Gasteiger charge is -2.21. The highest BCUT2D eigenvalue weighted by molar-refractivity contribution is 5.34. The normalized spacial score (nSPS) is 12.9. The van der Waals surface area contributed by atoms with E-state index in [0.29, 0.717) is 0 Å². The molecule has 0 radical (unpaired) electrons. The molecule has 0 amide bonds. The van der Waals surface area contributed by atoms with Crippen LogP contribution in [-0.2, 0) is 0 Å². The zero-order chi connectivity index (χ0) is 15.4. The third-order valence-electron chi connectivity index (χ3n) is 3.43. The van der Waals surface area contributed by atoms with Crippen LogP contribution in [0.1, 0.15) is 56.5 Å². The van der Waals surface area contributed by atoms with E-state index in [4.69, 9.17) is 9.15 Å². The third kappa shape index (κ3) is 3.29. The zero-order valence-corrected chi connectivity index (χ0v) is 13.5. The number of hydrogen-bond acceptors (Lipinski definition) is 4. The molecular formula is C16H25N3O2. The van der Waals surface area contributed by atoms with Crippen LogP contribution in [0.4, 0.5) is 0 Å². The fourth-order valence-corrected chi connectivity index (χ4v) is 2.43. The molecule has 5 nitrogen and oxygen atoms in total. The predicted molar refractivity (Wildman–Crippen MR) is 82.7 cm³/mol. The Morgan fingerprint density at radius 3 is 2.67 bits per heavy atom. The molecule has 0 bridgehead atoms. The average Bonchev–Trinajstić information content (AvgIpc) is 3.06. The van der Waals surface area contributed by atoms with E-state index in [1.807, 2.05) is 23.7 Å². The van der Waals surface area contributed by atoms with E-state index in [1.165, 1.54) is 0 Å². The van der Waals surface area contributed by atoms with Crippen LogP contribution < -0.4 is 10.1 Å². The van der Waals surface area contributed by atoms with Crippen LogP contribution in [0.25, 0.3) is 0 Å². The molecule has 0 fully saturated rings. The number of aryl methyl sites for hydroxylation is 1. The van der Waals surface area contributed by atoms with Crippen molar-refractivity contribution in [2.24, 2.45) is 0 Å². The van der Waals surface area contributed by atoms with Crippen molar-refractivity contribution >= 4 is 0 Å². The molecule has 2 rings (SSSR count). The molecule has 0 aliphatic rings. The molecule has 1 N–H and O–H groups in total. The molecule has 21 heavy (non-hydrogen) atoms. The minimum Gasteiger partial charge on any atom is -0.493 e. The van der Waals surface area contributed by atoms with Crippen molar-refractivity contribution in [1.82, 2.24) is 15.1 Å². The maximum atomic E-state index is 5.84. The van der Waals surface area contributed by atoms with Gasteiger partial charge in [-0.15, -0.1) is 0 Å². The maximum Gasteiger partial charge on any atom is 0.162 e. The van der Waals surface area contributed by atoms with E-state index in [1.54, 1.807) is 13.3 Å². The first-order valence-electron chi connectivity index (χ1n) is 7.49. The summed E-state index contributed by atoms with van der Waals surface area (Å²) in [7, 11) is 1.68. The Morgan fingerprint density at radius 1 is 1.38 bits per heavy atom. The van der Waals surface area contributed by atoms with Gasteiger partial charge < -0.3 is 14.5 Å². The van der Waals surface area contributed by atoms with Gasteiger partial charge in [-0.3, -0.25) is 4.68 Å². The minimum atomic E-state index is -0.0569. The van der Waals surface area contributed by atoms with Crippen LogP contribution in [0.15, 0.2) is 22.7 Å². The molecule has 2 aromatic heterocycles. The van der Waals surface area contributed by atoms with Crippen molar-refractivity contribution in [3.05, 3.63) is 35.5 Å². The number of rotatable bonds is 7. The van der Waals surface area contributed by atoms with Gasteiger partial charge in [0.25, 0.3) is 0 Å². The summed E-state index contributed by atoms with van der Waals surface area (Å²) in [6, 6.07) is 4.20. The van der Waals surface area contributed by atoms with Crippen LogP contribution in [0.3, 0.4) is 0 Å². The number of hydrogen-bond donors (Lipinski definition) is 1. The molecule has 5 heteroatoms. The quantitative estimate of drug-likeness (QED) is 0.848. The second-order valence-corrected chi connectivity index (χ2v) is 5.47. The monoisotopic (exact) mass is 291 g/mol. The van der Waals surface area contributed by atoms with Crippen molar-refractivity contribution in [2.45, 2.75) is 46.2 Å². The summed E-state index contributed by atoms with van der Waals surface area (Å²) in [5.41, 5.74) is 1.01. The van der Waals surface area contributed by atoms with E-state index in [2.05, 4.69) is 31.2 Å². The molecule has 0 spiro atoms. The lowest BCUT2D eigenvalue weighted by atomic mass is 10.1. The predicted octanol–water partition coefficient (Wildman–Crippen LogP) is 3.46. The third-order valence-corrected chi connectivity index (χ3v) is 3.43. The van der Waals surface area contributed by atoms with Gasteiger partial charge in [0.1, 0.15) is 23.3 Å². The Kier molecular flexibility index (Phi) is 5.07. The summed E-state index contributed by atoms with van der Waals surface area (Å²) in [5, 5.41) is 7.99. The average molecular weight is 291 g/mol. The van der Waals surface area contributed by atoms with Crippen molar-refractivity contribution in [3.63, 3.8) is 0 Å². The Labute approximate surface area is 126 Å². The molecule has 0 saturated carbocycles. The van der Waals surface area contributed by atoms with Gasteiger partial charge in [0.15, 0.2) is 5.75 Å². The smallest absolute Gasteiger partial charge is 0.162 e. The standard InChI is InChI=1S/C16H25N3O2/c1-6-9-17-15(13-8-7-12(4)21-13)16-14(20-5)10-18-19(16)11(2)3/h7-8,10-11,15,17H,6,9H2,1-5H3. The highest BCUT2D eigenvalue weighted by Crippen LogP contribution is 2.32. The number of aromatic nitrogens is 2. The Bertz CT molecular complexity index is 572. The number of ether oxygens (including phenoxy) is 1. The summed E-state index contributed by atoms with van der Waals surface area (Å²) >= 11 is 0. The second kappa shape index (κ2) is 6.80. The van der Waals surface area contributed by atoms with Gasteiger partial charge in [0, 0.05) is 6.04 Å². The van der Waals surface area contributed by atoms with Crippen molar-refractivity contribution in [1.29, 1.82) is 0 Å². The summed E-state index contributed by atoms with van der Waals surface area (Å²) in [6.45, 7) is 9.23. The first-order valence-corrected chi connectivity index (χ1v) is 7.49. The van der Waals surface area contributed by atoms with Gasteiger partial charge in [-0.05, 0) is 45.9 Å². The summed E-state index contributed by atoms with van der Waals surface area (Å²) in [6.07, 6.45) is 2.82. The lowest BCUT2D eigenvalue weighted by Crippen LogP contribution is -2.26. The van der Waals surface area contributed by atoms with Crippen LogP contribution in [0.2, 0.25) is 0 Å². The molecular weight excluding hydrogens is 266 g/mol. The van der Waals surface area contributed by atoms with E-state index in [0.717, 1.165) is 35.9 Å². The van der Waals surface area contributed by atoms with Crippen LogP contribution >= 0.6 is 0 Å². The summed E-state index contributed by atoms with van der Waals surface area (Å²) in [4.78, 5) is 0. The largest absolute Gasteiger partial charge is 0.493 e. The van der Waals surface area contributed by atoms with Crippen molar-refractivity contribution < 1.29 is 9.15 Å². The fraction of sp³-hybridized carbons (Fsp3) is 0.562. The van der Waals surface area contributed by atoms with Crippen molar-refractivity contribution in [2.75, 3.05) is 13.7 Å². The van der Waals surface area contributed by atoms with Gasteiger partial charge in [-0.2, -0.15) is 5.10 Å². The summed E-state index contributed by atoms with van der Waals surface area (Å²) < 4.78 is 13.3. The molecule has 0 aromatic carbocycles. The molecule has 0 aliphatic carbocycles. The molecule has 116 valence electrons. The number of nitrogens with zero attached hydrogens (tertiary/aromatic N) is 2. The van der Waals surface area contributed by atoms with E-state index in [-0.39, 0.29) is 12.1 Å². The number of nitrogens with one attached hydrogen (secondary N) is 1. The zero-order valence-electron chi connectivity index (χ0n) is 13.5. The number of methoxy groups -OCH3 is 1. The first kappa shape index (κ1) is 15.6. The fourth-order valence-electron chi connectivity index (χ4n) is 2.43. The van der Waals surface area contributed by atoms with Crippen LogP contribution in [0.5, 0.6) is 5.75 Å². The van der Waals surface area contributed by atoms with Gasteiger partial charge >= 0.3 is 0 Å². The lowest BCUT2D eigenvalue weighted by molar-refractivity contribution is 0.371. The first-order chi connectivity index (χ1) is 10.1. The van der Waals surface area contributed by atoms with E-state index >= 15 is 0 Å². The Hall–Kier alpha value is -1.75. The van der Waals surface area contributed by atoms with Gasteiger partial charge in [0.05, 0.1) is 13.3 Å². The van der Waals surface area contributed by atoms with Crippen LogP contribution in [0, 0.1) is 6.92 Å². The highest BCUT2D eigenvalue weighted by atomic mass is 16.5. The molecule has 0 aliphatic heterocycles. The van der Waals surface area contributed by atoms with Gasteiger partial charge in [-0.1, -0.05) is 6.92 Å². The Morgan fingerprint density at radius 2 is 2.14 bits per heavy atom. The topological polar surface area (TPSA) is 52.2 Å². The molecule has 2 aromatic rings. The Balaban J connectivity index is 2.47. The molecule has 1 unspecified atom stereocenters. The highest BCUT2D eigenvalue weighted by Gasteiger charge is 2.26. The maximum absolute atomic E-state index is 5.84. The van der Waals surface area contributed by atoms with Crippen molar-refractivity contribution in [3.8, 4) is 5.75 Å². The van der Waals surface area contributed by atoms with E-state index in [9.17, 15) is 0 Å². The van der Waals surface area contributed by atoms with Crippen LogP contribution in [-0.4, -0.2) is 23.4 Å². The van der Waals surface area contributed by atoms with Gasteiger partial charge in [-0.25, -0.2) is 0 Å². The van der Waals surface area contributed by atoms with E-state index < -0.39 is 0 Å². The summed E-state index contributed by atoms with van der Waals surface area (Å²) in [5.74, 6) is 2.58. The molecule has 0 saturated heterocycles. The molecule has 1 atom stereocenters. The minimum absolute atomic E-state index is 0.0569.